The molecule has 3 saturated carbocycles. The summed E-state index contributed by atoms with van der Waals surface area (Å²) in [6, 6.07) is 2.21. The van der Waals surface area contributed by atoms with Crippen molar-refractivity contribution in [1.82, 2.24) is 4.90 Å². The van der Waals surface area contributed by atoms with Crippen LogP contribution < -0.4 is 0 Å². The van der Waals surface area contributed by atoms with Crippen LogP contribution in [-0.2, 0) is 14.2 Å². The molecule has 198 valence electrons. The molecular formula is C31H45NO4. The standard InChI is InChI=1S/C31H45NO4/c1-30-9-7-24-23-6-5-22-17-26(35-16-15-33-14-12-32-10-3-4-11-32)28(19-31(22,24)2)36-27(29(23)30)18-25(30)21-8-13-34-20-21/h8,13,17,20,23-29H,3-7,9-12,14-16,18-19H2,1-2H3/t23-,24-,25?,26?,27?,28?,29-,30-,31+/m1/s1. The number of furan rings is 1. The third kappa shape index (κ3) is 3.79. The van der Waals surface area contributed by atoms with Crippen LogP contribution >= 0.6 is 0 Å². The van der Waals surface area contributed by atoms with Crippen LogP contribution in [0.4, 0.5) is 0 Å². The molecule has 2 saturated heterocycles. The number of ether oxygens (including phenoxy) is 3. The smallest absolute Gasteiger partial charge is 0.102 e. The number of hydrogen-bond donors (Lipinski definition) is 0. The molecule has 9 atom stereocenters. The molecule has 5 heteroatoms. The van der Waals surface area contributed by atoms with Gasteiger partial charge in [-0.05, 0) is 111 Å². The normalized spacial score (nSPS) is 45.5. The van der Waals surface area contributed by atoms with Gasteiger partial charge in [0.05, 0.1) is 44.6 Å². The minimum Gasteiger partial charge on any atom is -0.472 e. The zero-order valence-electron chi connectivity index (χ0n) is 22.3. The largest absolute Gasteiger partial charge is 0.472 e. The predicted molar refractivity (Wildman–Crippen MR) is 139 cm³/mol. The van der Waals surface area contributed by atoms with Crippen molar-refractivity contribution in [2.75, 3.05) is 39.5 Å². The Morgan fingerprint density at radius 3 is 2.81 bits per heavy atom. The molecule has 0 radical (unpaired) electrons. The van der Waals surface area contributed by atoms with Crippen molar-refractivity contribution in [3.05, 3.63) is 35.8 Å². The van der Waals surface area contributed by atoms with Gasteiger partial charge in [-0.3, -0.25) is 0 Å². The van der Waals surface area contributed by atoms with Gasteiger partial charge in [0, 0.05) is 6.54 Å². The van der Waals surface area contributed by atoms with Gasteiger partial charge in [-0.1, -0.05) is 25.5 Å². The molecule has 0 amide bonds. The Morgan fingerprint density at radius 1 is 1.08 bits per heavy atom. The second kappa shape index (κ2) is 9.25. The number of rotatable bonds is 8. The van der Waals surface area contributed by atoms with Gasteiger partial charge in [-0.25, -0.2) is 0 Å². The van der Waals surface area contributed by atoms with E-state index in [-0.39, 0.29) is 17.6 Å². The Morgan fingerprint density at radius 2 is 1.97 bits per heavy atom. The van der Waals surface area contributed by atoms with Gasteiger partial charge < -0.3 is 23.5 Å². The number of likely N-dealkylation sites (tertiary alicyclic amines) is 1. The van der Waals surface area contributed by atoms with E-state index in [2.05, 4.69) is 30.9 Å². The third-order valence-electron chi connectivity index (χ3n) is 11.6. The molecule has 36 heavy (non-hydrogen) atoms. The Balaban J connectivity index is 1.08. The van der Waals surface area contributed by atoms with Gasteiger partial charge >= 0.3 is 0 Å². The molecule has 0 aromatic carbocycles. The van der Waals surface area contributed by atoms with Crippen molar-refractivity contribution >= 4 is 0 Å². The lowest BCUT2D eigenvalue weighted by Gasteiger charge is -2.61. The Labute approximate surface area is 216 Å². The fourth-order valence-electron chi connectivity index (χ4n) is 9.94. The molecule has 5 nitrogen and oxygen atoms in total. The summed E-state index contributed by atoms with van der Waals surface area (Å²) >= 11 is 0. The van der Waals surface area contributed by atoms with E-state index < -0.39 is 0 Å². The summed E-state index contributed by atoms with van der Waals surface area (Å²) in [4.78, 5) is 2.51. The zero-order chi connectivity index (χ0) is 24.3. The number of fused-ring (bicyclic) bond motifs is 1. The van der Waals surface area contributed by atoms with Crippen molar-refractivity contribution in [3.63, 3.8) is 0 Å². The quantitative estimate of drug-likeness (QED) is 0.336. The van der Waals surface area contributed by atoms with E-state index in [4.69, 9.17) is 18.6 Å². The van der Waals surface area contributed by atoms with E-state index in [9.17, 15) is 0 Å². The second-order valence-corrected chi connectivity index (χ2v) is 13.2. The summed E-state index contributed by atoms with van der Waals surface area (Å²) in [5.74, 6) is 2.76. The summed E-state index contributed by atoms with van der Waals surface area (Å²) in [7, 11) is 0. The minimum absolute atomic E-state index is 0.0601. The molecule has 0 spiro atoms. The second-order valence-electron chi connectivity index (χ2n) is 13.2. The average molecular weight is 496 g/mol. The van der Waals surface area contributed by atoms with Crippen molar-refractivity contribution in [2.24, 2.45) is 28.6 Å². The highest BCUT2D eigenvalue weighted by molar-refractivity contribution is 5.31. The maximum Gasteiger partial charge on any atom is 0.102 e. The van der Waals surface area contributed by atoms with E-state index in [0.717, 1.165) is 37.8 Å². The topological polar surface area (TPSA) is 44.1 Å². The lowest BCUT2D eigenvalue weighted by molar-refractivity contribution is -0.183. The van der Waals surface area contributed by atoms with Gasteiger partial charge in [0.2, 0.25) is 0 Å². The molecule has 3 heterocycles. The first kappa shape index (κ1) is 23.9. The fourth-order valence-corrected chi connectivity index (χ4v) is 9.94. The van der Waals surface area contributed by atoms with E-state index >= 15 is 0 Å². The third-order valence-corrected chi connectivity index (χ3v) is 11.6. The van der Waals surface area contributed by atoms with Crippen molar-refractivity contribution in [1.29, 1.82) is 0 Å². The molecule has 5 fully saturated rings. The van der Waals surface area contributed by atoms with Gasteiger partial charge in [-0.2, -0.15) is 0 Å². The van der Waals surface area contributed by atoms with Crippen LogP contribution in [0.1, 0.15) is 76.7 Å². The molecule has 4 aliphatic carbocycles. The van der Waals surface area contributed by atoms with Gasteiger partial charge in [-0.15, -0.1) is 0 Å². The summed E-state index contributed by atoms with van der Waals surface area (Å²) < 4.78 is 25.2. The summed E-state index contributed by atoms with van der Waals surface area (Å²) in [6.07, 6.45) is 17.0. The molecule has 2 aliphatic heterocycles. The van der Waals surface area contributed by atoms with E-state index in [1.807, 2.05) is 12.5 Å². The van der Waals surface area contributed by atoms with Crippen LogP contribution in [0.2, 0.25) is 0 Å². The lowest BCUT2D eigenvalue weighted by Crippen LogP contribution is -2.58. The van der Waals surface area contributed by atoms with E-state index in [1.54, 1.807) is 5.57 Å². The Hall–Kier alpha value is -1.14. The van der Waals surface area contributed by atoms with E-state index in [1.165, 1.54) is 57.2 Å². The zero-order valence-corrected chi connectivity index (χ0v) is 22.3. The maximum atomic E-state index is 7.16. The molecule has 0 N–H and O–H groups in total. The molecule has 5 bridgehead atoms. The van der Waals surface area contributed by atoms with Crippen LogP contribution in [0.3, 0.4) is 0 Å². The first-order chi connectivity index (χ1) is 17.6. The van der Waals surface area contributed by atoms with Gasteiger partial charge in [0.1, 0.15) is 6.10 Å². The molecule has 6 aliphatic rings. The molecular weight excluding hydrogens is 450 g/mol. The average Bonchev–Trinajstić information content (AvgIpc) is 3.62. The Kier molecular flexibility index (Phi) is 6.15. The van der Waals surface area contributed by atoms with Crippen LogP contribution in [0.25, 0.3) is 0 Å². The molecule has 1 aromatic rings. The van der Waals surface area contributed by atoms with E-state index in [0.29, 0.717) is 36.6 Å². The van der Waals surface area contributed by atoms with Gasteiger partial charge in [0.25, 0.3) is 0 Å². The highest BCUT2D eigenvalue weighted by Gasteiger charge is 2.65. The maximum absolute atomic E-state index is 7.16. The predicted octanol–water partition coefficient (Wildman–Crippen LogP) is 5.81. The molecule has 7 rings (SSSR count). The fraction of sp³-hybridized carbons (Fsp3) is 0.806. The van der Waals surface area contributed by atoms with Crippen LogP contribution in [0.15, 0.2) is 34.7 Å². The number of nitrogens with zero attached hydrogens (tertiary/aromatic N) is 1. The summed E-state index contributed by atoms with van der Waals surface area (Å²) in [5.41, 5.74) is 3.63. The Bertz CT molecular complexity index is 954. The van der Waals surface area contributed by atoms with Gasteiger partial charge in [0.15, 0.2) is 0 Å². The molecule has 4 unspecified atom stereocenters. The lowest BCUT2D eigenvalue weighted by atomic mass is 9.45. The monoisotopic (exact) mass is 495 g/mol. The first-order valence-corrected chi connectivity index (χ1v) is 14.9. The van der Waals surface area contributed by atoms with Crippen LogP contribution in [0, 0.1) is 28.6 Å². The number of allylic oxidation sites excluding steroid dienone is 1. The van der Waals surface area contributed by atoms with Crippen LogP contribution in [0.5, 0.6) is 0 Å². The summed E-state index contributed by atoms with van der Waals surface area (Å²) in [5, 5.41) is 0. The SMILES string of the molecule is C[C@@]12CC3OC4CC(c5ccoc5)[C@@]5(C)CC[C@@H]1[C@@H](CCC2=CC3OCCOCCN1CCCC1)[C@H]45. The summed E-state index contributed by atoms with van der Waals surface area (Å²) in [6.45, 7) is 10.8. The minimum atomic E-state index is 0.0601. The highest BCUT2D eigenvalue weighted by Crippen LogP contribution is 2.70. The first-order valence-electron chi connectivity index (χ1n) is 14.9. The van der Waals surface area contributed by atoms with Crippen molar-refractivity contribution in [3.8, 4) is 0 Å². The molecule has 1 aromatic heterocycles. The highest BCUT2D eigenvalue weighted by atomic mass is 16.6. The van der Waals surface area contributed by atoms with Crippen molar-refractivity contribution in [2.45, 2.75) is 89.4 Å². The van der Waals surface area contributed by atoms with Crippen molar-refractivity contribution < 1.29 is 18.6 Å². The number of hydrogen-bond acceptors (Lipinski definition) is 5. The van der Waals surface area contributed by atoms with Crippen LogP contribution in [-0.4, -0.2) is 62.7 Å².